The van der Waals surface area contributed by atoms with Crippen molar-refractivity contribution >= 4 is 32.6 Å². The van der Waals surface area contributed by atoms with Gasteiger partial charge in [-0.3, -0.25) is 22.3 Å². The highest BCUT2D eigenvalue weighted by molar-refractivity contribution is 7.61. The molecule has 1 aliphatic rings. The van der Waals surface area contributed by atoms with Crippen molar-refractivity contribution in [1.29, 1.82) is 0 Å². The second kappa shape index (κ2) is 8.02. The molecule has 0 saturated carbocycles. The molecule has 4 N–H and O–H groups in total. The maximum absolute atomic E-state index is 11.9. The number of rotatable bonds is 7. The number of ether oxygens (including phenoxy) is 1. The van der Waals surface area contributed by atoms with Crippen LogP contribution in [0.25, 0.3) is 11.2 Å². The Bertz CT molecular complexity index is 1170. The van der Waals surface area contributed by atoms with Gasteiger partial charge in [-0.05, 0) is 0 Å². The number of imidazole rings is 2. The second-order valence-corrected chi connectivity index (χ2v) is 9.57. The van der Waals surface area contributed by atoms with Crippen molar-refractivity contribution in [3.05, 3.63) is 31.4 Å². The Labute approximate surface area is 173 Å². The summed E-state index contributed by atoms with van der Waals surface area (Å²) < 4.78 is 39.7. The van der Waals surface area contributed by atoms with Gasteiger partial charge in [0, 0.05) is 12.4 Å². The van der Waals surface area contributed by atoms with Crippen LogP contribution in [0, 0.1) is 0 Å². The van der Waals surface area contributed by atoms with Gasteiger partial charge in [0.15, 0.2) is 17.7 Å². The number of hydrogen-bond donors (Lipinski definition) is 3. The molecule has 0 amide bonds. The maximum atomic E-state index is 11.9. The molecule has 0 radical (unpaired) electrons. The first-order chi connectivity index (χ1) is 14.6. The average molecular weight is 475 g/mol. The fourth-order valence-corrected chi connectivity index (χ4v) is 5.18. The zero-order valence-electron chi connectivity index (χ0n) is 15.3. The van der Waals surface area contributed by atoms with Crippen molar-refractivity contribution < 1.29 is 42.7 Å². The van der Waals surface area contributed by atoms with Gasteiger partial charge in [-0.1, -0.05) is 0 Å². The number of nitrogen functional groups attached to an aromatic ring is 1. The number of anilines is 1. The van der Waals surface area contributed by atoms with E-state index in [0.717, 1.165) is 18.7 Å². The van der Waals surface area contributed by atoms with E-state index in [1.807, 2.05) is 0 Å². The highest BCUT2D eigenvalue weighted by Crippen LogP contribution is 2.55. The number of aromatic nitrogens is 6. The number of aliphatic hydroxyl groups excluding tert-OH is 2. The molecular formula is C13H15N7O9P2-2. The van der Waals surface area contributed by atoms with E-state index in [-0.39, 0.29) is 17.0 Å². The Morgan fingerprint density at radius 1 is 1.19 bits per heavy atom. The molecule has 168 valence electrons. The lowest BCUT2D eigenvalue weighted by atomic mass is 10.1. The average Bonchev–Trinajstić information content (AvgIpc) is 3.42. The van der Waals surface area contributed by atoms with E-state index in [4.69, 9.17) is 10.5 Å². The fraction of sp³-hybridized carbons (Fsp3) is 0.385. The molecule has 1 aliphatic heterocycles. The largest absolute Gasteiger partial charge is 0.761 e. The number of hydrogen-bond acceptors (Lipinski definition) is 14. The summed E-state index contributed by atoms with van der Waals surface area (Å²) in [6, 6.07) is 0. The summed E-state index contributed by atoms with van der Waals surface area (Å²) in [4.78, 5) is 39.1. The smallest absolute Gasteiger partial charge is 0.274 e. The Morgan fingerprint density at radius 2 is 1.97 bits per heavy atom. The van der Waals surface area contributed by atoms with Crippen LogP contribution in [0.5, 0.6) is 0 Å². The van der Waals surface area contributed by atoms with E-state index < -0.39 is 46.7 Å². The van der Waals surface area contributed by atoms with Gasteiger partial charge in [0.25, 0.3) is 7.82 Å². The SMILES string of the molecule is Nc1ncnc2c1ncn2[C@@H]1O[C@H](COP(=O)([O-])OP(=O)([O-])n2ccnc2)[C@@H](O)[C@H]1O. The van der Waals surface area contributed by atoms with Crippen LogP contribution in [0.15, 0.2) is 31.4 Å². The second-order valence-electron chi connectivity index (χ2n) is 6.37. The minimum absolute atomic E-state index is 0.0843. The molecule has 6 atom stereocenters. The van der Waals surface area contributed by atoms with Gasteiger partial charge in [-0.25, -0.2) is 19.9 Å². The van der Waals surface area contributed by atoms with Crippen molar-refractivity contribution in [3.63, 3.8) is 0 Å². The summed E-state index contributed by atoms with van der Waals surface area (Å²) >= 11 is 0. The van der Waals surface area contributed by atoms with Crippen molar-refractivity contribution in [2.24, 2.45) is 0 Å². The Kier molecular flexibility index (Phi) is 5.68. The predicted octanol–water partition coefficient (Wildman–Crippen LogP) is -2.26. The van der Waals surface area contributed by atoms with Gasteiger partial charge in [0.05, 0.1) is 12.9 Å². The number of fused-ring (bicyclic) bond motifs is 1. The van der Waals surface area contributed by atoms with Gasteiger partial charge in [0.2, 0.25) is 7.75 Å². The molecule has 2 unspecified atom stereocenters. The summed E-state index contributed by atoms with van der Waals surface area (Å²) in [5.74, 6) is 0.0843. The zero-order chi connectivity index (χ0) is 22.4. The van der Waals surface area contributed by atoms with E-state index >= 15 is 0 Å². The van der Waals surface area contributed by atoms with Crippen LogP contribution in [0.2, 0.25) is 0 Å². The zero-order valence-corrected chi connectivity index (χ0v) is 17.1. The molecule has 1 fully saturated rings. The summed E-state index contributed by atoms with van der Waals surface area (Å²) in [5.41, 5.74) is 6.14. The topological polar surface area (TPSA) is 236 Å². The minimum Gasteiger partial charge on any atom is -0.761 e. The van der Waals surface area contributed by atoms with E-state index in [0.29, 0.717) is 4.34 Å². The Balaban J connectivity index is 1.45. The van der Waals surface area contributed by atoms with Crippen molar-refractivity contribution in [3.8, 4) is 0 Å². The standard InChI is InChI=1S/C13H17N7O9P2/c14-11-8-12(17-4-16-11)20(6-18-8)13-10(22)9(21)7(28-13)3-27-31(25,26)29-30(23,24)19-2-1-15-5-19/h1-2,4-7,9-10,13,21-22H,3H2,(H,23,24)(H,25,26)(H2,14,16,17)/p-2/t7-,9-,10-,13-/m1/s1. The van der Waals surface area contributed by atoms with Crippen LogP contribution < -0.4 is 15.5 Å². The minimum atomic E-state index is -5.38. The molecule has 0 aromatic carbocycles. The molecule has 3 aromatic heterocycles. The van der Waals surface area contributed by atoms with Crippen molar-refractivity contribution in [2.75, 3.05) is 12.3 Å². The highest BCUT2D eigenvalue weighted by Gasteiger charge is 2.45. The van der Waals surface area contributed by atoms with Gasteiger partial charge < -0.3 is 35.0 Å². The number of nitrogens with zero attached hydrogens (tertiary/aromatic N) is 6. The van der Waals surface area contributed by atoms with Crippen LogP contribution in [0.3, 0.4) is 0 Å². The van der Waals surface area contributed by atoms with E-state index in [1.54, 1.807) is 0 Å². The first-order valence-electron chi connectivity index (χ1n) is 8.50. The molecule has 0 aliphatic carbocycles. The normalized spacial score (nSPS) is 27.9. The quantitative estimate of drug-likeness (QED) is 0.306. The third kappa shape index (κ3) is 4.25. The number of phosphoric ester groups is 1. The first kappa shape index (κ1) is 22.0. The predicted molar refractivity (Wildman–Crippen MR) is 95.5 cm³/mol. The molecular weight excluding hydrogens is 460 g/mol. The maximum Gasteiger partial charge on any atom is 0.274 e. The third-order valence-electron chi connectivity index (χ3n) is 4.37. The Morgan fingerprint density at radius 3 is 2.68 bits per heavy atom. The highest BCUT2D eigenvalue weighted by atomic mass is 31.3. The molecule has 0 spiro atoms. The van der Waals surface area contributed by atoms with Crippen LogP contribution in [-0.4, -0.2) is 64.0 Å². The number of nitrogens with two attached hydrogens (primary N) is 1. The Hall–Kier alpha value is -2.26. The van der Waals surface area contributed by atoms with E-state index in [1.165, 1.54) is 17.2 Å². The summed E-state index contributed by atoms with van der Waals surface area (Å²) in [7, 11) is -10.5. The van der Waals surface area contributed by atoms with E-state index in [2.05, 4.69) is 28.8 Å². The van der Waals surface area contributed by atoms with Crippen LogP contribution in [0.1, 0.15) is 6.23 Å². The number of aliphatic hydroxyl groups is 2. The molecule has 31 heavy (non-hydrogen) atoms. The summed E-state index contributed by atoms with van der Waals surface area (Å²) in [5, 5.41) is 20.6. The molecule has 3 aromatic rings. The van der Waals surface area contributed by atoms with Gasteiger partial charge in [-0.2, -0.15) is 0 Å². The van der Waals surface area contributed by atoms with Crippen molar-refractivity contribution in [1.82, 2.24) is 28.8 Å². The third-order valence-corrected chi connectivity index (χ3v) is 7.26. The molecule has 1 saturated heterocycles. The first-order valence-corrected chi connectivity index (χ1v) is 11.5. The molecule has 16 nitrogen and oxygen atoms in total. The lowest BCUT2D eigenvalue weighted by molar-refractivity contribution is -0.235. The molecule has 0 bridgehead atoms. The lowest BCUT2D eigenvalue weighted by Crippen LogP contribution is -2.34. The summed E-state index contributed by atoms with van der Waals surface area (Å²) in [6.07, 6.45) is -0.379. The van der Waals surface area contributed by atoms with Gasteiger partial charge in [-0.15, -0.1) is 0 Å². The van der Waals surface area contributed by atoms with Crippen molar-refractivity contribution in [2.45, 2.75) is 24.5 Å². The molecule has 4 rings (SSSR count). The van der Waals surface area contributed by atoms with Crippen LogP contribution in [-0.2, 0) is 22.7 Å². The van der Waals surface area contributed by atoms with Gasteiger partial charge in [0.1, 0.15) is 36.5 Å². The van der Waals surface area contributed by atoms with Gasteiger partial charge >= 0.3 is 0 Å². The van der Waals surface area contributed by atoms with Crippen LogP contribution in [0.4, 0.5) is 5.82 Å². The monoisotopic (exact) mass is 475 g/mol. The molecule has 18 heteroatoms. The molecule has 4 heterocycles. The fourth-order valence-electron chi connectivity index (χ4n) is 2.91. The lowest BCUT2D eigenvalue weighted by Gasteiger charge is -2.32. The summed E-state index contributed by atoms with van der Waals surface area (Å²) in [6.45, 7) is -0.844. The van der Waals surface area contributed by atoms with E-state index in [9.17, 15) is 29.1 Å². The number of phosphoric acid groups is 1. The van der Waals surface area contributed by atoms with Crippen LogP contribution >= 0.6 is 15.6 Å².